The minimum absolute atomic E-state index is 0.140. The van der Waals surface area contributed by atoms with Crippen molar-refractivity contribution in [2.75, 3.05) is 17.7 Å². The molecule has 0 aliphatic carbocycles. The highest BCUT2D eigenvalue weighted by Gasteiger charge is 2.12. The van der Waals surface area contributed by atoms with E-state index in [0.29, 0.717) is 24.4 Å². The normalized spacial score (nSPS) is 10.8. The monoisotopic (exact) mass is 462 g/mol. The second-order valence-corrected chi connectivity index (χ2v) is 8.42. The second kappa shape index (κ2) is 10.4. The van der Waals surface area contributed by atoms with Gasteiger partial charge in [-0.2, -0.15) is 0 Å². The number of fused-ring (bicyclic) bond motifs is 1. The molecule has 4 aromatic rings. The predicted molar refractivity (Wildman–Crippen MR) is 129 cm³/mol. The van der Waals surface area contributed by atoms with E-state index >= 15 is 0 Å². The molecule has 0 saturated heterocycles. The molecule has 0 bridgehead atoms. The summed E-state index contributed by atoms with van der Waals surface area (Å²) >= 11 is 1.46. The average Bonchev–Trinajstić information content (AvgIpc) is 3.17. The number of aromatic nitrogens is 1. The van der Waals surface area contributed by atoms with Crippen LogP contribution in [0.1, 0.15) is 22.8 Å². The number of thioether (sulfide) groups is 1. The number of halogens is 1. The minimum atomic E-state index is -0.386. The molecule has 0 atom stereocenters. The quantitative estimate of drug-likeness (QED) is 0.268. The number of nitrogens with one attached hydrogen (secondary N) is 1. The number of amides is 1. The Balaban J connectivity index is 1.42. The molecule has 0 fully saturated rings. The van der Waals surface area contributed by atoms with E-state index in [4.69, 9.17) is 4.74 Å². The summed E-state index contributed by atoms with van der Waals surface area (Å²) in [5.74, 6) is -0.541. The van der Waals surface area contributed by atoms with Crippen molar-refractivity contribution >= 4 is 40.2 Å². The molecule has 0 saturated carbocycles. The SMILES string of the molecule is CCOC(=O)c1ccc(NC(=O)CSc2cn(Cc3ccc(F)cc3)c3ccccc23)cc1. The van der Waals surface area contributed by atoms with Crippen LogP contribution in [-0.2, 0) is 16.1 Å². The molecular formula is C26H23FN2O3S. The van der Waals surface area contributed by atoms with Crippen molar-refractivity contribution in [3.05, 3.63) is 95.9 Å². The molecule has 1 heterocycles. The lowest BCUT2D eigenvalue weighted by molar-refractivity contribution is -0.113. The van der Waals surface area contributed by atoms with Crippen molar-refractivity contribution in [2.45, 2.75) is 18.4 Å². The van der Waals surface area contributed by atoms with Crippen LogP contribution in [0.25, 0.3) is 10.9 Å². The highest BCUT2D eigenvalue weighted by Crippen LogP contribution is 2.30. The summed E-state index contributed by atoms with van der Waals surface area (Å²) in [6, 6.07) is 21.1. The first-order chi connectivity index (χ1) is 16.0. The zero-order valence-electron chi connectivity index (χ0n) is 18.1. The molecule has 7 heteroatoms. The van der Waals surface area contributed by atoms with Gasteiger partial charge in [-0.3, -0.25) is 4.79 Å². The number of esters is 1. The fourth-order valence-electron chi connectivity index (χ4n) is 3.49. The number of rotatable bonds is 8. The summed E-state index contributed by atoms with van der Waals surface area (Å²) in [6.07, 6.45) is 2.03. The molecule has 5 nitrogen and oxygen atoms in total. The molecule has 0 radical (unpaired) electrons. The summed E-state index contributed by atoms with van der Waals surface area (Å²) < 4.78 is 20.3. The third-order valence-corrected chi connectivity index (χ3v) is 6.10. The van der Waals surface area contributed by atoms with E-state index in [1.807, 2.05) is 30.5 Å². The highest BCUT2D eigenvalue weighted by molar-refractivity contribution is 8.00. The topological polar surface area (TPSA) is 60.3 Å². The molecule has 0 unspecified atom stereocenters. The van der Waals surface area contributed by atoms with Crippen molar-refractivity contribution in [1.29, 1.82) is 0 Å². The van der Waals surface area contributed by atoms with Gasteiger partial charge in [-0.25, -0.2) is 9.18 Å². The van der Waals surface area contributed by atoms with Crippen LogP contribution in [0.4, 0.5) is 10.1 Å². The first-order valence-electron chi connectivity index (χ1n) is 10.6. The van der Waals surface area contributed by atoms with E-state index in [1.165, 1.54) is 23.9 Å². The summed E-state index contributed by atoms with van der Waals surface area (Å²) in [5, 5.41) is 3.92. The number of carbonyl (C=O) groups excluding carboxylic acids is 2. The van der Waals surface area contributed by atoms with Crippen molar-refractivity contribution in [2.24, 2.45) is 0 Å². The predicted octanol–water partition coefficient (Wildman–Crippen LogP) is 5.74. The van der Waals surface area contributed by atoms with Gasteiger partial charge in [0.2, 0.25) is 5.91 Å². The van der Waals surface area contributed by atoms with Crippen molar-refractivity contribution in [3.8, 4) is 0 Å². The van der Waals surface area contributed by atoms with Gasteiger partial charge in [-0.1, -0.05) is 30.3 Å². The van der Waals surface area contributed by atoms with Gasteiger partial charge >= 0.3 is 5.97 Å². The van der Waals surface area contributed by atoms with Crippen LogP contribution in [0, 0.1) is 5.82 Å². The van der Waals surface area contributed by atoms with E-state index < -0.39 is 0 Å². The maximum atomic E-state index is 13.2. The number of hydrogen-bond donors (Lipinski definition) is 1. The number of nitrogens with zero attached hydrogens (tertiary/aromatic N) is 1. The van der Waals surface area contributed by atoms with Gasteiger partial charge in [-0.15, -0.1) is 11.8 Å². The van der Waals surface area contributed by atoms with E-state index in [2.05, 4.69) is 9.88 Å². The smallest absolute Gasteiger partial charge is 0.338 e. The number of ether oxygens (including phenoxy) is 1. The van der Waals surface area contributed by atoms with Gasteiger partial charge in [0.05, 0.1) is 17.9 Å². The van der Waals surface area contributed by atoms with Crippen molar-refractivity contribution in [3.63, 3.8) is 0 Å². The largest absolute Gasteiger partial charge is 0.462 e. The molecular weight excluding hydrogens is 439 g/mol. The first-order valence-corrected chi connectivity index (χ1v) is 11.5. The highest BCUT2D eigenvalue weighted by atomic mass is 32.2. The average molecular weight is 463 g/mol. The molecule has 0 aliphatic heterocycles. The van der Waals surface area contributed by atoms with Gasteiger partial charge in [-0.05, 0) is 55.0 Å². The van der Waals surface area contributed by atoms with E-state index in [0.717, 1.165) is 21.4 Å². The van der Waals surface area contributed by atoms with Crippen LogP contribution >= 0.6 is 11.8 Å². The summed E-state index contributed by atoms with van der Waals surface area (Å²) in [7, 11) is 0. The number of carbonyl (C=O) groups is 2. The minimum Gasteiger partial charge on any atom is -0.462 e. The summed E-state index contributed by atoms with van der Waals surface area (Å²) in [6.45, 7) is 2.68. The zero-order chi connectivity index (χ0) is 23.2. The number of hydrogen-bond acceptors (Lipinski definition) is 4. The van der Waals surface area contributed by atoms with Crippen LogP contribution in [-0.4, -0.2) is 28.8 Å². The number of para-hydroxylation sites is 1. The van der Waals surface area contributed by atoms with E-state index in [1.54, 1.807) is 43.3 Å². The zero-order valence-corrected chi connectivity index (χ0v) is 18.9. The van der Waals surface area contributed by atoms with Crippen molar-refractivity contribution < 1.29 is 18.7 Å². The van der Waals surface area contributed by atoms with Gasteiger partial charge in [0, 0.05) is 34.2 Å². The maximum absolute atomic E-state index is 13.2. The molecule has 3 aromatic carbocycles. The molecule has 0 spiro atoms. The lowest BCUT2D eigenvalue weighted by Gasteiger charge is -2.06. The Morgan fingerprint density at radius 3 is 2.45 bits per heavy atom. The van der Waals surface area contributed by atoms with Crippen LogP contribution in [0.15, 0.2) is 83.9 Å². The molecule has 168 valence electrons. The fourth-order valence-corrected chi connectivity index (χ4v) is 4.38. The Kier molecular flexibility index (Phi) is 7.10. The second-order valence-electron chi connectivity index (χ2n) is 7.40. The molecule has 0 aliphatic rings. The van der Waals surface area contributed by atoms with Gasteiger partial charge in [0.25, 0.3) is 0 Å². The fraction of sp³-hybridized carbons (Fsp3) is 0.154. The van der Waals surface area contributed by atoms with Crippen LogP contribution in [0.5, 0.6) is 0 Å². The Labute approximate surface area is 195 Å². The van der Waals surface area contributed by atoms with E-state index in [-0.39, 0.29) is 23.4 Å². The Bertz CT molecular complexity index is 1270. The Morgan fingerprint density at radius 1 is 1.00 bits per heavy atom. The van der Waals surface area contributed by atoms with Gasteiger partial charge in [0.15, 0.2) is 0 Å². The lowest BCUT2D eigenvalue weighted by Crippen LogP contribution is -2.14. The van der Waals surface area contributed by atoms with Crippen LogP contribution in [0.3, 0.4) is 0 Å². The van der Waals surface area contributed by atoms with E-state index in [9.17, 15) is 14.0 Å². The first kappa shape index (κ1) is 22.6. The van der Waals surface area contributed by atoms with Crippen LogP contribution < -0.4 is 5.32 Å². The van der Waals surface area contributed by atoms with Crippen LogP contribution in [0.2, 0.25) is 0 Å². The third-order valence-electron chi connectivity index (χ3n) is 5.06. The molecule has 4 rings (SSSR count). The molecule has 1 aromatic heterocycles. The standard InChI is InChI=1S/C26H23FN2O3S/c1-2-32-26(31)19-9-13-21(14-10-19)28-25(30)17-33-24-16-29(23-6-4-3-5-22(23)24)15-18-7-11-20(27)12-8-18/h3-14,16H,2,15,17H2,1H3,(H,28,30). The Hall–Kier alpha value is -3.58. The van der Waals surface area contributed by atoms with Gasteiger partial charge in [0.1, 0.15) is 5.82 Å². The maximum Gasteiger partial charge on any atom is 0.338 e. The van der Waals surface area contributed by atoms with Gasteiger partial charge < -0.3 is 14.6 Å². The third kappa shape index (κ3) is 5.62. The summed E-state index contributed by atoms with van der Waals surface area (Å²) in [4.78, 5) is 25.3. The number of anilines is 1. The Morgan fingerprint density at radius 2 is 1.73 bits per heavy atom. The lowest BCUT2D eigenvalue weighted by atomic mass is 10.2. The molecule has 33 heavy (non-hydrogen) atoms. The number of benzene rings is 3. The molecule has 1 N–H and O–H groups in total. The van der Waals surface area contributed by atoms with Crippen molar-refractivity contribution in [1.82, 2.24) is 4.57 Å². The molecule has 1 amide bonds. The summed E-state index contributed by atoms with van der Waals surface area (Å²) in [5.41, 5.74) is 3.11.